The van der Waals surface area contributed by atoms with Gasteiger partial charge in [0.25, 0.3) is 5.69 Å². The molecule has 0 aliphatic carbocycles. The number of nitro benzene ring substituents is 1. The van der Waals surface area contributed by atoms with Crippen molar-refractivity contribution in [3.8, 4) is 0 Å². The molecule has 0 saturated carbocycles. The Balaban J connectivity index is 2.79. The lowest BCUT2D eigenvalue weighted by molar-refractivity contribution is -0.385. The number of para-hydroxylation sites is 1. The lowest BCUT2D eigenvalue weighted by atomic mass is 10.2. The van der Waals surface area contributed by atoms with Gasteiger partial charge in [-0.2, -0.15) is 0 Å². The zero-order chi connectivity index (χ0) is 15.2. The average molecular weight is 302 g/mol. The molecule has 1 unspecified atom stereocenters. The number of hydrogen-bond donors (Lipinski definition) is 2. The van der Waals surface area contributed by atoms with Crippen LogP contribution in [0.1, 0.15) is 25.3 Å². The van der Waals surface area contributed by atoms with Gasteiger partial charge in [0, 0.05) is 24.3 Å². The number of sulfonamides is 1. The number of hydrogen-bond acceptors (Lipinski definition) is 5. The van der Waals surface area contributed by atoms with Crippen LogP contribution in [0.15, 0.2) is 24.3 Å². The van der Waals surface area contributed by atoms with Crippen LogP contribution < -0.4 is 4.72 Å². The molecule has 0 heterocycles. The van der Waals surface area contributed by atoms with Gasteiger partial charge in [-0.15, -0.1) is 0 Å². The van der Waals surface area contributed by atoms with Gasteiger partial charge in [-0.25, -0.2) is 13.1 Å². The number of nitro groups is 1. The van der Waals surface area contributed by atoms with Crippen molar-refractivity contribution in [2.24, 2.45) is 0 Å². The maximum absolute atomic E-state index is 12.0. The van der Waals surface area contributed by atoms with E-state index in [1.165, 1.54) is 18.2 Å². The number of aliphatic hydroxyl groups is 1. The Morgan fingerprint density at radius 1 is 1.40 bits per heavy atom. The van der Waals surface area contributed by atoms with Crippen LogP contribution in [0.4, 0.5) is 5.69 Å². The molecule has 1 rings (SSSR count). The smallest absolute Gasteiger partial charge is 0.273 e. The fourth-order valence-corrected chi connectivity index (χ4v) is 3.29. The largest absolute Gasteiger partial charge is 0.396 e. The van der Waals surface area contributed by atoms with E-state index in [1.54, 1.807) is 13.0 Å². The van der Waals surface area contributed by atoms with Crippen LogP contribution in [-0.2, 0) is 15.8 Å². The molecule has 1 aromatic carbocycles. The van der Waals surface area contributed by atoms with Gasteiger partial charge >= 0.3 is 0 Å². The Hall–Kier alpha value is -1.51. The second-order valence-electron chi connectivity index (χ2n) is 4.53. The van der Waals surface area contributed by atoms with Gasteiger partial charge in [0.1, 0.15) is 0 Å². The second-order valence-corrected chi connectivity index (χ2v) is 6.28. The monoisotopic (exact) mass is 302 g/mol. The molecule has 7 nitrogen and oxygen atoms in total. The van der Waals surface area contributed by atoms with Crippen LogP contribution in [-0.4, -0.2) is 31.1 Å². The summed E-state index contributed by atoms with van der Waals surface area (Å²) in [7, 11) is -3.66. The first-order valence-electron chi connectivity index (χ1n) is 6.19. The highest BCUT2D eigenvalue weighted by molar-refractivity contribution is 7.88. The molecule has 0 bridgehead atoms. The van der Waals surface area contributed by atoms with Gasteiger partial charge in [-0.05, 0) is 19.8 Å². The molecule has 0 saturated heterocycles. The summed E-state index contributed by atoms with van der Waals surface area (Å²) < 4.78 is 26.3. The van der Waals surface area contributed by atoms with E-state index in [-0.39, 0.29) is 23.9 Å². The molecule has 8 heteroatoms. The van der Waals surface area contributed by atoms with Crippen LogP contribution in [0.2, 0.25) is 0 Å². The molecule has 0 amide bonds. The Morgan fingerprint density at radius 3 is 2.65 bits per heavy atom. The van der Waals surface area contributed by atoms with E-state index in [0.29, 0.717) is 12.8 Å². The van der Waals surface area contributed by atoms with Crippen LogP contribution >= 0.6 is 0 Å². The lowest BCUT2D eigenvalue weighted by Crippen LogP contribution is -2.33. The third-order valence-electron chi connectivity index (χ3n) is 2.71. The van der Waals surface area contributed by atoms with Gasteiger partial charge in [-0.1, -0.05) is 18.2 Å². The molecule has 1 atom stereocenters. The van der Waals surface area contributed by atoms with Crippen LogP contribution in [0.3, 0.4) is 0 Å². The van der Waals surface area contributed by atoms with Crippen LogP contribution in [0, 0.1) is 10.1 Å². The Morgan fingerprint density at radius 2 is 2.05 bits per heavy atom. The highest BCUT2D eigenvalue weighted by Gasteiger charge is 2.21. The van der Waals surface area contributed by atoms with Crippen molar-refractivity contribution in [1.82, 2.24) is 4.72 Å². The van der Waals surface area contributed by atoms with E-state index in [9.17, 15) is 18.5 Å². The van der Waals surface area contributed by atoms with Crippen molar-refractivity contribution in [2.75, 3.05) is 6.61 Å². The topological polar surface area (TPSA) is 110 Å². The number of aliphatic hydroxyl groups excluding tert-OH is 1. The summed E-state index contributed by atoms with van der Waals surface area (Å²) in [6.45, 7) is 1.68. The van der Waals surface area contributed by atoms with Crippen molar-refractivity contribution >= 4 is 15.7 Å². The minimum Gasteiger partial charge on any atom is -0.396 e. The molecule has 112 valence electrons. The summed E-state index contributed by atoms with van der Waals surface area (Å²) in [5, 5.41) is 19.5. The number of rotatable bonds is 8. The zero-order valence-electron chi connectivity index (χ0n) is 11.2. The minimum atomic E-state index is -3.66. The third kappa shape index (κ3) is 5.24. The maximum Gasteiger partial charge on any atom is 0.273 e. The fourth-order valence-electron chi connectivity index (χ4n) is 1.82. The highest BCUT2D eigenvalue weighted by atomic mass is 32.2. The molecule has 0 aliphatic rings. The molecular weight excluding hydrogens is 284 g/mol. The summed E-state index contributed by atoms with van der Waals surface area (Å²) >= 11 is 0. The Labute approximate surface area is 117 Å². The fraction of sp³-hybridized carbons (Fsp3) is 0.500. The Kier molecular flexibility index (Phi) is 6.05. The van der Waals surface area contributed by atoms with Gasteiger partial charge in [0.05, 0.1) is 10.7 Å². The zero-order valence-corrected chi connectivity index (χ0v) is 12.0. The summed E-state index contributed by atoms with van der Waals surface area (Å²) in [6.07, 6.45) is 1.00. The molecule has 0 spiro atoms. The first-order valence-corrected chi connectivity index (χ1v) is 7.84. The molecule has 0 radical (unpaired) electrons. The third-order valence-corrected chi connectivity index (χ3v) is 4.16. The van der Waals surface area contributed by atoms with E-state index >= 15 is 0 Å². The molecular formula is C12H18N2O5S. The molecule has 0 aromatic heterocycles. The van der Waals surface area contributed by atoms with Crippen molar-refractivity contribution < 1.29 is 18.4 Å². The van der Waals surface area contributed by atoms with Gasteiger partial charge in [-0.3, -0.25) is 10.1 Å². The summed E-state index contributed by atoms with van der Waals surface area (Å²) in [5.74, 6) is -0.437. The second kappa shape index (κ2) is 7.32. The van der Waals surface area contributed by atoms with Crippen molar-refractivity contribution in [2.45, 2.75) is 31.6 Å². The number of benzene rings is 1. The van der Waals surface area contributed by atoms with Crippen molar-refractivity contribution in [3.05, 3.63) is 39.9 Å². The predicted molar refractivity (Wildman–Crippen MR) is 74.6 cm³/mol. The molecule has 0 aliphatic heterocycles. The van der Waals surface area contributed by atoms with Gasteiger partial charge in [0.2, 0.25) is 10.0 Å². The van der Waals surface area contributed by atoms with Crippen LogP contribution in [0.5, 0.6) is 0 Å². The first kappa shape index (κ1) is 16.5. The Bertz CT molecular complexity index is 559. The quantitative estimate of drug-likeness (QED) is 0.553. The van der Waals surface area contributed by atoms with E-state index in [4.69, 9.17) is 5.11 Å². The molecule has 0 fully saturated rings. The first-order chi connectivity index (χ1) is 9.35. The lowest BCUT2D eigenvalue weighted by Gasteiger charge is -2.13. The number of nitrogens with zero attached hydrogens (tertiary/aromatic N) is 1. The summed E-state index contributed by atoms with van der Waals surface area (Å²) in [4.78, 5) is 10.2. The van der Waals surface area contributed by atoms with Crippen LogP contribution in [0.25, 0.3) is 0 Å². The summed E-state index contributed by atoms with van der Waals surface area (Å²) in [6, 6.07) is 5.43. The summed E-state index contributed by atoms with van der Waals surface area (Å²) in [5.41, 5.74) is -0.0553. The maximum atomic E-state index is 12.0. The van der Waals surface area contributed by atoms with Crippen molar-refractivity contribution in [1.29, 1.82) is 0 Å². The van der Waals surface area contributed by atoms with E-state index in [0.717, 1.165) is 0 Å². The SMILES string of the molecule is CC(CCCO)NS(=O)(=O)Cc1ccccc1[N+](=O)[O-]. The van der Waals surface area contributed by atoms with Gasteiger partial charge < -0.3 is 5.11 Å². The van der Waals surface area contributed by atoms with E-state index in [2.05, 4.69) is 4.72 Å². The van der Waals surface area contributed by atoms with Gasteiger partial charge in [0.15, 0.2) is 0 Å². The average Bonchev–Trinajstić information content (AvgIpc) is 2.35. The molecule has 20 heavy (non-hydrogen) atoms. The van der Waals surface area contributed by atoms with E-state index < -0.39 is 20.7 Å². The minimum absolute atomic E-state index is 0.00375. The normalized spacial score (nSPS) is 13.1. The van der Waals surface area contributed by atoms with Crippen molar-refractivity contribution in [3.63, 3.8) is 0 Å². The van der Waals surface area contributed by atoms with E-state index in [1.807, 2.05) is 0 Å². The molecule has 2 N–H and O–H groups in total. The standard InChI is InChI=1S/C12H18N2O5S/c1-10(5-4-8-15)13-20(18,19)9-11-6-2-3-7-12(11)14(16)17/h2-3,6-7,10,13,15H,4-5,8-9H2,1H3. The number of nitrogens with one attached hydrogen (secondary N) is 1. The molecule has 1 aromatic rings. The predicted octanol–water partition coefficient (Wildman–Crippen LogP) is 1.18. The highest BCUT2D eigenvalue weighted by Crippen LogP contribution is 2.19.